The van der Waals surface area contributed by atoms with E-state index in [-0.39, 0.29) is 18.3 Å². The molecule has 25 heavy (non-hydrogen) atoms. The Morgan fingerprint density at radius 1 is 1.32 bits per heavy atom. The van der Waals surface area contributed by atoms with Crippen LogP contribution in [0, 0.1) is 0 Å². The molecule has 2 N–H and O–H groups in total. The van der Waals surface area contributed by atoms with Crippen LogP contribution in [-0.4, -0.2) is 37.0 Å². The largest absolute Gasteiger partial charge is 0.493 e. The minimum Gasteiger partial charge on any atom is -0.493 e. The Bertz CT molecular complexity index is 723. The first-order valence-corrected chi connectivity index (χ1v) is 8.13. The third-order valence-electron chi connectivity index (χ3n) is 3.61. The summed E-state index contributed by atoms with van der Waals surface area (Å²) in [6.07, 6.45) is 3.49. The minimum absolute atomic E-state index is 0. The monoisotopic (exact) mass is 432 g/mol. The molecule has 0 aliphatic rings. The molecule has 1 amide bonds. The maximum atomic E-state index is 12.5. The summed E-state index contributed by atoms with van der Waals surface area (Å²) in [4.78, 5) is 12.5. The van der Waals surface area contributed by atoms with Gasteiger partial charge in [0.25, 0.3) is 0 Å². The van der Waals surface area contributed by atoms with Gasteiger partial charge < -0.3 is 20.1 Å². The van der Waals surface area contributed by atoms with Crippen LogP contribution in [0.15, 0.2) is 29.0 Å². The number of benzene rings is 1. The first kappa shape index (κ1) is 21.3. The molecule has 7 nitrogen and oxygen atoms in total. The SMILES string of the molecule is CNC(C(=O)NCc1cc(OC)c(OC)cc1Br)c1cnn(C)c1.Cl. The maximum absolute atomic E-state index is 12.5. The van der Waals surface area contributed by atoms with Gasteiger partial charge in [-0.3, -0.25) is 9.48 Å². The van der Waals surface area contributed by atoms with Crippen molar-refractivity contribution in [3.05, 3.63) is 40.1 Å². The van der Waals surface area contributed by atoms with Crippen molar-refractivity contribution in [1.29, 1.82) is 0 Å². The van der Waals surface area contributed by atoms with Crippen molar-refractivity contribution in [3.8, 4) is 11.5 Å². The molecular weight excluding hydrogens is 412 g/mol. The fourth-order valence-corrected chi connectivity index (χ4v) is 2.82. The molecular formula is C16H22BrClN4O3. The van der Waals surface area contributed by atoms with Gasteiger partial charge in [0.1, 0.15) is 6.04 Å². The third kappa shape index (κ3) is 5.10. The molecule has 2 aromatic rings. The van der Waals surface area contributed by atoms with Gasteiger partial charge in [0, 0.05) is 29.8 Å². The third-order valence-corrected chi connectivity index (χ3v) is 4.35. The lowest BCUT2D eigenvalue weighted by Crippen LogP contribution is -2.35. The van der Waals surface area contributed by atoms with E-state index in [1.54, 1.807) is 32.1 Å². The number of nitrogens with one attached hydrogen (secondary N) is 2. The average molecular weight is 434 g/mol. The van der Waals surface area contributed by atoms with Gasteiger partial charge in [0.2, 0.25) is 5.91 Å². The number of halogens is 2. The summed E-state index contributed by atoms with van der Waals surface area (Å²) >= 11 is 3.49. The number of hydrogen-bond acceptors (Lipinski definition) is 5. The lowest BCUT2D eigenvalue weighted by atomic mass is 10.1. The number of methoxy groups -OCH3 is 2. The fraction of sp³-hybridized carbons (Fsp3) is 0.375. The van der Waals surface area contributed by atoms with Gasteiger partial charge in [0.05, 0.1) is 20.4 Å². The maximum Gasteiger partial charge on any atom is 0.242 e. The summed E-state index contributed by atoms with van der Waals surface area (Å²) in [6.45, 7) is 0.359. The second kappa shape index (κ2) is 9.65. The number of amides is 1. The molecule has 1 heterocycles. The van der Waals surface area contributed by atoms with Crippen LogP contribution >= 0.6 is 28.3 Å². The molecule has 0 fully saturated rings. The van der Waals surface area contributed by atoms with Crippen molar-refractivity contribution >= 4 is 34.2 Å². The summed E-state index contributed by atoms with van der Waals surface area (Å²) in [6, 6.07) is 3.19. The van der Waals surface area contributed by atoms with Crippen molar-refractivity contribution in [1.82, 2.24) is 20.4 Å². The number of nitrogens with zero attached hydrogens (tertiary/aromatic N) is 2. The predicted octanol–water partition coefficient (Wildman–Crippen LogP) is 2.20. The van der Waals surface area contributed by atoms with E-state index in [4.69, 9.17) is 9.47 Å². The number of aromatic nitrogens is 2. The molecule has 0 bridgehead atoms. The molecule has 1 unspecified atom stereocenters. The van der Waals surface area contributed by atoms with E-state index in [0.29, 0.717) is 18.0 Å². The van der Waals surface area contributed by atoms with Crippen LogP contribution in [0.4, 0.5) is 0 Å². The molecule has 0 spiro atoms. The van der Waals surface area contributed by atoms with Crippen LogP contribution in [0.2, 0.25) is 0 Å². The molecule has 0 saturated heterocycles. The summed E-state index contributed by atoms with van der Waals surface area (Å²) < 4.78 is 13.0. The number of rotatable bonds is 7. The molecule has 1 aromatic heterocycles. The van der Waals surface area contributed by atoms with Gasteiger partial charge in [-0.2, -0.15) is 5.10 Å². The van der Waals surface area contributed by atoms with Crippen molar-refractivity contribution in [2.45, 2.75) is 12.6 Å². The van der Waals surface area contributed by atoms with Crippen LogP contribution in [0.25, 0.3) is 0 Å². The zero-order chi connectivity index (χ0) is 17.7. The van der Waals surface area contributed by atoms with Gasteiger partial charge in [-0.1, -0.05) is 15.9 Å². The topological polar surface area (TPSA) is 77.4 Å². The first-order chi connectivity index (χ1) is 11.5. The summed E-state index contributed by atoms with van der Waals surface area (Å²) in [5, 5.41) is 10.0. The van der Waals surface area contributed by atoms with Crippen LogP contribution in [-0.2, 0) is 18.4 Å². The Kier molecular flexibility index (Phi) is 8.21. The summed E-state index contributed by atoms with van der Waals surface area (Å²) in [5.74, 6) is 1.11. The summed E-state index contributed by atoms with van der Waals surface area (Å²) in [7, 11) is 6.71. The van der Waals surface area contributed by atoms with E-state index < -0.39 is 6.04 Å². The lowest BCUT2D eigenvalue weighted by molar-refractivity contribution is -0.123. The normalized spacial score (nSPS) is 11.4. The van der Waals surface area contributed by atoms with E-state index in [9.17, 15) is 4.79 Å². The van der Waals surface area contributed by atoms with Crippen molar-refractivity contribution < 1.29 is 14.3 Å². The molecule has 0 aliphatic heterocycles. The summed E-state index contributed by atoms with van der Waals surface area (Å²) in [5.41, 5.74) is 1.70. The smallest absolute Gasteiger partial charge is 0.242 e. The van der Waals surface area contributed by atoms with E-state index in [1.807, 2.05) is 25.4 Å². The van der Waals surface area contributed by atoms with Crippen molar-refractivity contribution in [2.75, 3.05) is 21.3 Å². The zero-order valence-corrected chi connectivity index (χ0v) is 16.9. The highest BCUT2D eigenvalue weighted by molar-refractivity contribution is 9.10. The lowest BCUT2D eigenvalue weighted by Gasteiger charge is -2.16. The molecule has 0 aliphatic carbocycles. The Morgan fingerprint density at radius 2 is 1.96 bits per heavy atom. The quantitative estimate of drug-likeness (QED) is 0.700. The Morgan fingerprint density at radius 3 is 2.48 bits per heavy atom. The van der Waals surface area contributed by atoms with Gasteiger partial charge in [-0.25, -0.2) is 0 Å². The molecule has 9 heteroatoms. The van der Waals surface area contributed by atoms with E-state index in [1.165, 1.54) is 0 Å². The highest BCUT2D eigenvalue weighted by Crippen LogP contribution is 2.33. The minimum atomic E-state index is -0.461. The van der Waals surface area contributed by atoms with Crippen LogP contribution in [0.3, 0.4) is 0 Å². The first-order valence-electron chi connectivity index (χ1n) is 7.34. The highest BCUT2D eigenvalue weighted by Gasteiger charge is 2.20. The van der Waals surface area contributed by atoms with Crippen LogP contribution in [0.5, 0.6) is 11.5 Å². The van der Waals surface area contributed by atoms with Crippen molar-refractivity contribution in [2.24, 2.45) is 7.05 Å². The molecule has 0 saturated carbocycles. The number of carbonyl (C=O) groups excluding carboxylic acids is 1. The number of likely N-dealkylation sites (N-methyl/N-ethyl adjacent to an activating group) is 1. The van der Waals surface area contributed by atoms with Gasteiger partial charge in [-0.15, -0.1) is 12.4 Å². The Balaban J connectivity index is 0.00000312. The molecule has 1 aromatic carbocycles. The van der Waals surface area contributed by atoms with Gasteiger partial charge in [0.15, 0.2) is 11.5 Å². The van der Waals surface area contributed by atoms with Gasteiger partial charge in [-0.05, 0) is 24.7 Å². The van der Waals surface area contributed by atoms with E-state index in [2.05, 4.69) is 31.7 Å². The Labute approximate surface area is 161 Å². The average Bonchev–Trinajstić information content (AvgIpc) is 3.00. The predicted molar refractivity (Wildman–Crippen MR) is 101 cm³/mol. The molecule has 2 rings (SSSR count). The second-order valence-corrected chi connectivity index (χ2v) is 6.04. The van der Waals surface area contributed by atoms with E-state index >= 15 is 0 Å². The second-order valence-electron chi connectivity index (χ2n) is 5.19. The van der Waals surface area contributed by atoms with Crippen LogP contribution < -0.4 is 20.1 Å². The highest BCUT2D eigenvalue weighted by atomic mass is 79.9. The number of carbonyl (C=O) groups is 1. The van der Waals surface area contributed by atoms with E-state index in [0.717, 1.165) is 15.6 Å². The zero-order valence-electron chi connectivity index (χ0n) is 14.5. The number of ether oxygens (including phenoxy) is 2. The molecule has 0 radical (unpaired) electrons. The van der Waals surface area contributed by atoms with Crippen molar-refractivity contribution in [3.63, 3.8) is 0 Å². The molecule has 1 atom stereocenters. The molecule has 138 valence electrons. The number of hydrogen-bond donors (Lipinski definition) is 2. The standard InChI is InChI=1S/C16H21BrN4O3.ClH/c1-18-15(11-8-20-21(2)9-11)16(22)19-7-10-5-13(23-3)14(24-4)6-12(10)17;/h5-6,8-9,15,18H,7H2,1-4H3,(H,19,22);1H. The Hall–Kier alpha value is -1.77. The van der Waals surface area contributed by atoms with Gasteiger partial charge >= 0.3 is 0 Å². The number of aryl methyl sites for hydroxylation is 1. The van der Waals surface area contributed by atoms with Crippen LogP contribution in [0.1, 0.15) is 17.2 Å². The fourth-order valence-electron chi connectivity index (χ4n) is 2.35.